The van der Waals surface area contributed by atoms with Crippen molar-refractivity contribution in [1.82, 2.24) is 0 Å². The lowest BCUT2D eigenvalue weighted by Crippen LogP contribution is -2.47. The summed E-state index contributed by atoms with van der Waals surface area (Å²) < 4.78 is 45.1. The summed E-state index contributed by atoms with van der Waals surface area (Å²) in [5, 5.41) is 2.52. The molecule has 1 aromatic carbocycles. The molecule has 0 saturated heterocycles. The fourth-order valence-corrected chi connectivity index (χ4v) is 2.78. The molecule has 1 aliphatic heterocycles. The third kappa shape index (κ3) is 2.48. The molecule has 0 aliphatic carbocycles. The zero-order chi connectivity index (χ0) is 14.2. The third-order valence-corrected chi connectivity index (χ3v) is 3.60. The largest absolute Gasteiger partial charge is 0.495 e. The summed E-state index contributed by atoms with van der Waals surface area (Å²) in [5.74, 6) is 0.408. The standard InChI is InChI=1S/C12H14BrF3N2O/c1-3-6-18-10-7(13)4-5-8(19-2)9(10)17-11(18)12(14,15)16/h4-5,11,17H,3,6H2,1-2H3. The summed E-state index contributed by atoms with van der Waals surface area (Å²) in [6.07, 6.45) is -5.44. The maximum absolute atomic E-state index is 13.1. The van der Waals surface area contributed by atoms with Gasteiger partial charge in [-0.2, -0.15) is 13.2 Å². The Bertz CT molecular complexity index is 479. The van der Waals surface area contributed by atoms with Crippen molar-refractivity contribution in [1.29, 1.82) is 0 Å². The fourth-order valence-electron chi connectivity index (χ4n) is 2.22. The second-order valence-electron chi connectivity index (χ2n) is 4.26. The van der Waals surface area contributed by atoms with Crippen LogP contribution in [0.3, 0.4) is 0 Å². The second kappa shape index (κ2) is 5.11. The molecule has 1 atom stereocenters. The van der Waals surface area contributed by atoms with E-state index >= 15 is 0 Å². The van der Waals surface area contributed by atoms with Crippen LogP contribution in [0.4, 0.5) is 24.5 Å². The SMILES string of the molecule is CCCN1c2c(Br)ccc(OC)c2NC1C(F)(F)F. The molecule has 1 aliphatic rings. The summed E-state index contributed by atoms with van der Waals surface area (Å²) in [6.45, 7) is 2.16. The predicted octanol–water partition coefficient (Wildman–Crippen LogP) is 3.99. The average Bonchev–Trinajstić information content (AvgIpc) is 2.71. The lowest BCUT2D eigenvalue weighted by molar-refractivity contribution is -0.141. The molecular formula is C12H14BrF3N2O. The van der Waals surface area contributed by atoms with Gasteiger partial charge in [-0.3, -0.25) is 0 Å². The Hall–Kier alpha value is -1.11. The van der Waals surface area contributed by atoms with Crippen LogP contribution in [0.2, 0.25) is 0 Å². The van der Waals surface area contributed by atoms with Gasteiger partial charge in [-0.25, -0.2) is 0 Å². The van der Waals surface area contributed by atoms with Crippen LogP contribution in [-0.4, -0.2) is 26.0 Å². The number of hydrogen-bond acceptors (Lipinski definition) is 3. The Morgan fingerprint density at radius 3 is 2.63 bits per heavy atom. The van der Waals surface area contributed by atoms with Crippen LogP contribution in [0, 0.1) is 0 Å². The van der Waals surface area contributed by atoms with Crippen molar-refractivity contribution in [2.24, 2.45) is 0 Å². The Balaban J connectivity index is 2.51. The van der Waals surface area contributed by atoms with E-state index in [1.54, 1.807) is 12.1 Å². The number of nitrogens with one attached hydrogen (secondary N) is 1. The van der Waals surface area contributed by atoms with E-state index in [-0.39, 0.29) is 0 Å². The lowest BCUT2D eigenvalue weighted by Gasteiger charge is -2.28. The molecule has 0 saturated carbocycles. The van der Waals surface area contributed by atoms with Crippen molar-refractivity contribution in [3.8, 4) is 5.75 Å². The van der Waals surface area contributed by atoms with Gasteiger partial charge in [-0.1, -0.05) is 6.92 Å². The topological polar surface area (TPSA) is 24.5 Å². The van der Waals surface area contributed by atoms with Gasteiger partial charge in [0.05, 0.1) is 12.8 Å². The zero-order valence-electron chi connectivity index (χ0n) is 10.5. The van der Waals surface area contributed by atoms with Crippen LogP contribution in [0.1, 0.15) is 13.3 Å². The minimum absolute atomic E-state index is 0.315. The molecule has 7 heteroatoms. The van der Waals surface area contributed by atoms with Crippen LogP contribution < -0.4 is 15.0 Å². The van der Waals surface area contributed by atoms with Crippen molar-refractivity contribution in [2.75, 3.05) is 23.9 Å². The molecule has 19 heavy (non-hydrogen) atoms. The van der Waals surface area contributed by atoms with Crippen LogP contribution in [-0.2, 0) is 0 Å². The highest BCUT2D eigenvalue weighted by Gasteiger charge is 2.49. The van der Waals surface area contributed by atoms with E-state index in [0.717, 1.165) is 0 Å². The first-order valence-electron chi connectivity index (χ1n) is 5.86. The molecule has 0 fully saturated rings. The smallest absolute Gasteiger partial charge is 0.427 e. The predicted molar refractivity (Wildman–Crippen MR) is 71.8 cm³/mol. The van der Waals surface area contributed by atoms with E-state index in [1.807, 2.05) is 6.92 Å². The number of methoxy groups -OCH3 is 1. The fraction of sp³-hybridized carbons (Fsp3) is 0.500. The molecule has 1 unspecified atom stereocenters. The van der Waals surface area contributed by atoms with Gasteiger partial charge in [0, 0.05) is 11.0 Å². The average molecular weight is 339 g/mol. The number of ether oxygens (including phenoxy) is 1. The van der Waals surface area contributed by atoms with E-state index in [2.05, 4.69) is 21.2 Å². The number of alkyl halides is 3. The molecule has 3 nitrogen and oxygen atoms in total. The van der Waals surface area contributed by atoms with Crippen LogP contribution in [0.5, 0.6) is 5.75 Å². The van der Waals surface area contributed by atoms with Crippen LogP contribution in [0.25, 0.3) is 0 Å². The molecule has 1 N–H and O–H groups in total. The minimum Gasteiger partial charge on any atom is -0.495 e. The summed E-state index contributed by atoms with van der Waals surface area (Å²) >= 11 is 3.31. The van der Waals surface area contributed by atoms with Gasteiger partial charge >= 0.3 is 6.18 Å². The molecule has 2 rings (SSSR count). The van der Waals surface area contributed by atoms with E-state index in [0.29, 0.717) is 34.6 Å². The molecule has 0 aromatic heterocycles. The normalized spacial score (nSPS) is 18.2. The number of fused-ring (bicyclic) bond motifs is 1. The third-order valence-electron chi connectivity index (χ3n) is 2.96. The molecule has 1 aromatic rings. The number of anilines is 2. The van der Waals surface area contributed by atoms with Crippen molar-refractivity contribution < 1.29 is 17.9 Å². The van der Waals surface area contributed by atoms with Gasteiger partial charge in [0.2, 0.25) is 0 Å². The number of hydrogen-bond donors (Lipinski definition) is 1. The van der Waals surface area contributed by atoms with Gasteiger partial charge in [0.15, 0.2) is 6.17 Å². The molecule has 106 valence electrons. The first-order valence-corrected chi connectivity index (χ1v) is 6.65. The number of rotatable bonds is 3. The highest BCUT2D eigenvalue weighted by Crippen LogP contribution is 2.49. The highest BCUT2D eigenvalue weighted by molar-refractivity contribution is 9.10. The monoisotopic (exact) mass is 338 g/mol. The first kappa shape index (κ1) is 14.3. The quantitative estimate of drug-likeness (QED) is 0.901. The van der Waals surface area contributed by atoms with Crippen molar-refractivity contribution in [2.45, 2.75) is 25.7 Å². The molecular weight excluding hydrogens is 325 g/mol. The lowest BCUT2D eigenvalue weighted by atomic mass is 10.2. The van der Waals surface area contributed by atoms with Gasteiger partial charge in [0.1, 0.15) is 11.4 Å². The number of halogens is 4. The Morgan fingerprint density at radius 1 is 1.42 bits per heavy atom. The maximum atomic E-state index is 13.1. The molecule has 0 radical (unpaired) electrons. The molecule has 0 amide bonds. The van der Waals surface area contributed by atoms with Crippen LogP contribution in [0.15, 0.2) is 16.6 Å². The molecule has 0 spiro atoms. The Labute approximate surface area is 117 Å². The summed E-state index contributed by atoms with van der Waals surface area (Å²) in [6, 6.07) is 3.33. The van der Waals surface area contributed by atoms with E-state index in [9.17, 15) is 13.2 Å². The van der Waals surface area contributed by atoms with Gasteiger partial charge < -0.3 is 15.0 Å². The summed E-state index contributed by atoms with van der Waals surface area (Å²) in [5.41, 5.74) is 0.885. The van der Waals surface area contributed by atoms with Crippen molar-refractivity contribution in [3.63, 3.8) is 0 Å². The van der Waals surface area contributed by atoms with Gasteiger partial charge in [-0.15, -0.1) is 0 Å². The summed E-state index contributed by atoms with van der Waals surface area (Å²) in [4.78, 5) is 1.32. The Morgan fingerprint density at radius 2 is 2.11 bits per heavy atom. The van der Waals surface area contributed by atoms with E-state index in [4.69, 9.17) is 4.74 Å². The zero-order valence-corrected chi connectivity index (χ0v) is 12.1. The van der Waals surface area contributed by atoms with E-state index in [1.165, 1.54) is 12.0 Å². The van der Waals surface area contributed by atoms with Gasteiger partial charge in [0.25, 0.3) is 0 Å². The number of nitrogens with zero attached hydrogens (tertiary/aromatic N) is 1. The highest BCUT2D eigenvalue weighted by atomic mass is 79.9. The summed E-state index contributed by atoms with van der Waals surface area (Å²) in [7, 11) is 1.44. The Kier molecular flexibility index (Phi) is 3.85. The van der Waals surface area contributed by atoms with E-state index < -0.39 is 12.3 Å². The van der Waals surface area contributed by atoms with Crippen LogP contribution >= 0.6 is 15.9 Å². The number of benzene rings is 1. The molecule has 0 bridgehead atoms. The molecule has 1 heterocycles. The maximum Gasteiger partial charge on any atom is 0.427 e. The minimum atomic E-state index is -4.35. The van der Waals surface area contributed by atoms with Crippen molar-refractivity contribution >= 4 is 27.3 Å². The second-order valence-corrected chi connectivity index (χ2v) is 5.11. The van der Waals surface area contributed by atoms with Gasteiger partial charge in [-0.05, 0) is 34.5 Å². The van der Waals surface area contributed by atoms with Crippen molar-refractivity contribution in [3.05, 3.63) is 16.6 Å². The first-order chi connectivity index (χ1) is 8.90.